The predicted octanol–water partition coefficient (Wildman–Crippen LogP) is 1.47. The molecule has 0 atom stereocenters. The fourth-order valence-electron chi connectivity index (χ4n) is 1.40. The number of hydrogen-bond acceptors (Lipinski definition) is 4. The zero-order valence-electron chi connectivity index (χ0n) is 9.01. The van der Waals surface area contributed by atoms with Crippen LogP contribution in [0.2, 0.25) is 0 Å². The first-order valence-corrected chi connectivity index (χ1v) is 5.11. The molecule has 0 spiro atoms. The highest BCUT2D eigenvalue weighted by atomic mass is 16.3. The molecule has 2 heterocycles. The Bertz CT molecular complexity index is 502. The maximum Gasteiger partial charge on any atom is 0.293 e. The van der Waals surface area contributed by atoms with Crippen LogP contribution in [0.3, 0.4) is 0 Å². The highest BCUT2D eigenvalue weighted by molar-refractivity contribution is 5.32. The van der Waals surface area contributed by atoms with Crippen molar-refractivity contribution in [2.24, 2.45) is 0 Å². The molecule has 84 valence electrons. The maximum absolute atomic E-state index is 11.8. The fraction of sp³-hybridized carbons (Fsp3) is 0.273. The van der Waals surface area contributed by atoms with Gasteiger partial charge in [0.2, 0.25) is 0 Å². The predicted molar refractivity (Wildman–Crippen MR) is 60.2 cm³/mol. The van der Waals surface area contributed by atoms with Crippen LogP contribution in [0.25, 0.3) is 0 Å². The Morgan fingerprint density at radius 3 is 3.12 bits per heavy atom. The SMILES string of the molecule is CCn1ccnc(NCc2ccoc2)c1=O. The summed E-state index contributed by atoms with van der Waals surface area (Å²) < 4.78 is 6.54. The Morgan fingerprint density at radius 2 is 2.44 bits per heavy atom. The van der Waals surface area contributed by atoms with Gasteiger partial charge in [-0.15, -0.1) is 0 Å². The molecule has 2 aromatic heterocycles. The number of furan rings is 1. The number of aromatic nitrogens is 2. The smallest absolute Gasteiger partial charge is 0.293 e. The Kier molecular flexibility index (Phi) is 3.05. The molecule has 0 amide bonds. The summed E-state index contributed by atoms with van der Waals surface area (Å²) in [4.78, 5) is 15.8. The van der Waals surface area contributed by atoms with Crippen LogP contribution >= 0.6 is 0 Å². The molecule has 0 aliphatic rings. The average Bonchev–Trinajstić information content (AvgIpc) is 2.81. The quantitative estimate of drug-likeness (QED) is 0.845. The third-order valence-corrected chi connectivity index (χ3v) is 2.29. The minimum Gasteiger partial charge on any atom is -0.472 e. The molecule has 0 aromatic carbocycles. The van der Waals surface area contributed by atoms with E-state index in [4.69, 9.17) is 4.42 Å². The molecule has 16 heavy (non-hydrogen) atoms. The molecule has 2 rings (SSSR count). The number of rotatable bonds is 4. The highest BCUT2D eigenvalue weighted by Gasteiger charge is 2.03. The Hall–Kier alpha value is -2.04. The molecule has 0 aliphatic carbocycles. The van der Waals surface area contributed by atoms with Gasteiger partial charge in [0, 0.05) is 31.0 Å². The van der Waals surface area contributed by atoms with Crippen molar-refractivity contribution in [2.45, 2.75) is 20.0 Å². The second-order valence-electron chi connectivity index (χ2n) is 3.35. The van der Waals surface area contributed by atoms with E-state index in [9.17, 15) is 4.79 Å². The number of nitrogens with zero attached hydrogens (tertiary/aromatic N) is 2. The minimum atomic E-state index is -0.103. The van der Waals surface area contributed by atoms with Gasteiger partial charge in [-0.25, -0.2) is 4.98 Å². The van der Waals surface area contributed by atoms with Gasteiger partial charge in [-0.3, -0.25) is 4.79 Å². The van der Waals surface area contributed by atoms with Crippen LogP contribution in [0.4, 0.5) is 5.82 Å². The summed E-state index contributed by atoms with van der Waals surface area (Å²) in [7, 11) is 0. The van der Waals surface area contributed by atoms with E-state index in [1.807, 2.05) is 13.0 Å². The topological polar surface area (TPSA) is 60.1 Å². The highest BCUT2D eigenvalue weighted by Crippen LogP contribution is 2.02. The molecule has 0 saturated carbocycles. The molecule has 0 aliphatic heterocycles. The Balaban J connectivity index is 2.13. The summed E-state index contributed by atoms with van der Waals surface area (Å²) in [6, 6.07) is 1.84. The van der Waals surface area contributed by atoms with Crippen LogP contribution in [0.15, 0.2) is 40.2 Å². The molecule has 0 fully saturated rings. The summed E-state index contributed by atoms with van der Waals surface area (Å²) in [6.07, 6.45) is 6.52. The largest absolute Gasteiger partial charge is 0.472 e. The lowest BCUT2D eigenvalue weighted by molar-refractivity contribution is 0.564. The zero-order valence-corrected chi connectivity index (χ0v) is 9.01. The van der Waals surface area contributed by atoms with Crippen LogP contribution in [0, 0.1) is 0 Å². The molecule has 5 nitrogen and oxygen atoms in total. The molecular weight excluding hydrogens is 206 g/mol. The van der Waals surface area contributed by atoms with Crippen molar-refractivity contribution in [3.8, 4) is 0 Å². The van der Waals surface area contributed by atoms with Gasteiger partial charge in [-0.05, 0) is 13.0 Å². The van der Waals surface area contributed by atoms with Crippen LogP contribution in [-0.2, 0) is 13.1 Å². The number of hydrogen-bond donors (Lipinski definition) is 1. The van der Waals surface area contributed by atoms with Crippen molar-refractivity contribution >= 4 is 5.82 Å². The second-order valence-corrected chi connectivity index (χ2v) is 3.35. The van der Waals surface area contributed by atoms with Crippen LogP contribution in [0.1, 0.15) is 12.5 Å². The van der Waals surface area contributed by atoms with E-state index in [-0.39, 0.29) is 5.56 Å². The lowest BCUT2D eigenvalue weighted by Gasteiger charge is -2.05. The minimum absolute atomic E-state index is 0.103. The van der Waals surface area contributed by atoms with Crippen molar-refractivity contribution in [3.63, 3.8) is 0 Å². The molecule has 1 N–H and O–H groups in total. The van der Waals surface area contributed by atoms with Gasteiger partial charge in [0.05, 0.1) is 12.5 Å². The van der Waals surface area contributed by atoms with Crippen molar-refractivity contribution in [3.05, 3.63) is 46.9 Å². The zero-order chi connectivity index (χ0) is 11.4. The normalized spacial score (nSPS) is 10.3. The summed E-state index contributed by atoms with van der Waals surface area (Å²) in [6.45, 7) is 3.09. The maximum atomic E-state index is 11.8. The second kappa shape index (κ2) is 4.65. The van der Waals surface area contributed by atoms with E-state index in [1.165, 1.54) is 0 Å². The Morgan fingerprint density at radius 1 is 1.56 bits per heavy atom. The standard InChI is InChI=1S/C11H13N3O2/c1-2-14-5-4-12-10(11(14)15)13-7-9-3-6-16-8-9/h3-6,8H,2,7H2,1H3,(H,12,13). The first-order chi connectivity index (χ1) is 7.81. The number of anilines is 1. The monoisotopic (exact) mass is 219 g/mol. The lowest BCUT2D eigenvalue weighted by atomic mass is 10.3. The van der Waals surface area contributed by atoms with Crippen molar-refractivity contribution < 1.29 is 4.42 Å². The van der Waals surface area contributed by atoms with Gasteiger partial charge >= 0.3 is 0 Å². The summed E-state index contributed by atoms with van der Waals surface area (Å²) in [5.74, 6) is 0.366. The van der Waals surface area contributed by atoms with Crippen molar-refractivity contribution in [1.82, 2.24) is 9.55 Å². The lowest BCUT2D eigenvalue weighted by Crippen LogP contribution is -2.23. The van der Waals surface area contributed by atoms with Crippen molar-refractivity contribution in [2.75, 3.05) is 5.32 Å². The third kappa shape index (κ3) is 2.13. The first-order valence-electron chi connectivity index (χ1n) is 5.11. The molecule has 0 radical (unpaired) electrons. The van der Waals surface area contributed by atoms with Crippen LogP contribution in [-0.4, -0.2) is 9.55 Å². The fourth-order valence-corrected chi connectivity index (χ4v) is 1.40. The first kappa shape index (κ1) is 10.5. The van der Waals surface area contributed by atoms with Crippen molar-refractivity contribution in [1.29, 1.82) is 0 Å². The van der Waals surface area contributed by atoms with Gasteiger partial charge in [0.25, 0.3) is 5.56 Å². The van der Waals surface area contributed by atoms with E-state index in [2.05, 4.69) is 10.3 Å². The summed E-state index contributed by atoms with van der Waals surface area (Å²) in [5, 5.41) is 2.99. The molecule has 0 unspecified atom stereocenters. The van der Waals surface area contributed by atoms with E-state index in [0.717, 1.165) is 5.56 Å². The molecular formula is C11H13N3O2. The third-order valence-electron chi connectivity index (χ3n) is 2.29. The summed E-state index contributed by atoms with van der Waals surface area (Å²) >= 11 is 0. The van der Waals surface area contributed by atoms with Crippen LogP contribution in [0.5, 0.6) is 0 Å². The Labute approximate surface area is 92.7 Å². The van der Waals surface area contributed by atoms with E-state index < -0.39 is 0 Å². The van der Waals surface area contributed by atoms with Gasteiger partial charge < -0.3 is 14.3 Å². The average molecular weight is 219 g/mol. The van der Waals surface area contributed by atoms with Gasteiger partial charge in [0.15, 0.2) is 5.82 Å². The van der Waals surface area contributed by atoms with Gasteiger partial charge in [-0.2, -0.15) is 0 Å². The van der Waals surface area contributed by atoms with E-state index >= 15 is 0 Å². The van der Waals surface area contributed by atoms with Gasteiger partial charge in [-0.1, -0.05) is 0 Å². The molecule has 0 bridgehead atoms. The van der Waals surface area contributed by atoms with E-state index in [1.54, 1.807) is 29.5 Å². The summed E-state index contributed by atoms with van der Waals surface area (Å²) in [5.41, 5.74) is 0.876. The molecule has 5 heteroatoms. The van der Waals surface area contributed by atoms with Gasteiger partial charge in [0.1, 0.15) is 0 Å². The number of aryl methyl sites for hydroxylation is 1. The van der Waals surface area contributed by atoms with Crippen LogP contribution < -0.4 is 10.9 Å². The van der Waals surface area contributed by atoms with E-state index in [0.29, 0.717) is 18.9 Å². The molecule has 0 saturated heterocycles. The number of nitrogens with one attached hydrogen (secondary N) is 1. The molecule has 2 aromatic rings.